The number of methoxy groups -OCH3 is 2. The van der Waals surface area contributed by atoms with E-state index in [1.807, 2.05) is 0 Å². The van der Waals surface area contributed by atoms with Crippen molar-refractivity contribution in [2.24, 2.45) is 0 Å². The number of hydrogen-bond acceptors (Lipinski definition) is 10. The van der Waals surface area contributed by atoms with Crippen molar-refractivity contribution < 1.29 is 50.5 Å². The first kappa shape index (κ1) is 30.5. The monoisotopic (exact) mass is 622 g/mol. The molecule has 222 valence electrons. The molecule has 1 aliphatic rings. The van der Waals surface area contributed by atoms with Gasteiger partial charge in [-0.05, 0) is 48.5 Å². The summed E-state index contributed by atoms with van der Waals surface area (Å²) >= 11 is 5.43. The van der Waals surface area contributed by atoms with Crippen LogP contribution < -0.4 is 29.8 Å². The van der Waals surface area contributed by atoms with Gasteiger partial charge in [0.1, 0.15) is 23.0 Å². The highest BCUT2D eigenvalue weighted by molar-refractivity contribution is 8.07. The van der Waals surface area contributed by atoms with Gasteiger partial charge in [-0.1, -0.05) is 0 Å². The molecule has 4 rings (SSSR count). The van der Waals surface area contributed by atoms with Gasteiger partial charge in [0.15, 0.2) is 11.7 Å². The molecule has 41 heavy (non-hydrogen) atoms. The Morgan fingerprint density at radius 2 is 1.46 bits per heavy atom. The second kappa shape index (κ2) is 11.8. The van der Waals surface area contributed by atoms with Crippen molar-refractivity contribution in [3.8, 4) is 23.0 Å². The number of rotatable bonds is 11. The predicted molar refractivity (Wildman–Crippen MR) is 139 cm³/mol. The van der Waals surface area contributed by atoms with Crippen molar-refractivity contribution in [2.75, 3.05) is 20.8 Å². The molecule has 2 heterocycles. The Morgan fingerprint density at radius 1 is 0.976 bits per heavy atom. The minimum Gasteiger partial charge on any atom is -0.497 e. The Hall–Kier alpha value is -3.43. The second-order valence-corrected chi connectivity index (χ2v) is 11.4. The third-order valence-electron chi connectivity index (χ3n) is 5.96. The van der Waals surface area contributed by atoms with Crippen LogP contribution in [0, 0.1) is 0 Å². The second-order valence-electron chi connectivity index (χ2n) is 8.57. The minimum absolute atomic E-state index is 0.0598. The van der Waals surface area contributed by atoms with Crippen LogP contribution in [-0.2, 0) is 21.1 Å². The molecule has 2 N–H and O–H groups in total. The third kappa shape index (κ3) is 6.26. The molecule has 0 aliphatic carbocycles. The maximum Gasteiger partial charge on any atom is 0.435 e. The lowest BCUT2D eigenvalue weighted by Crippen LogP contribution is -2.54. The van der Waals surface area contributed by atoms with Gasteiger partial charge in [0.05, 0.1) is 20.8 Å². The summed E-state index contributed by atoms with van der Waals surface area (Å²) in [6.45, 7) is -5.60. The quantitative estimate of drug-likeness (QED) is 0.242. The Balaban J connectivity index is 1.67. The molecule has 1 fully saturated rings. The fourth-order valence-electron chi connectivity index (χ4n) is 3.80. The van der Waals surface area contributed by atoms with Crippen molar-refractivity contribution in [2.45, 2.75) is 30.3 Å². The molecule has 3 unspecified atom stereocenters. The van der Waals surface area contributed by atoms with E-state index in [9.17, 15) is 23.5 Å². The highest BCUT2D eigenvalue weighted by Gasteiger charge is 2.71. The summed E-state index contributed by atoms with van der Waals surface area (Å²) in [5, 5.41) is 10.5. The number of nitrogens with one attached hydrogen (secondary N) is 1. The number of aliphatic hydroxyl groups is 1. The maximum absolute atomic E-state index is 15.2. The number of aliphatic hydroxyl groups excluding tert-OH is 1. The summed E-state index contributed by atoms with van der Waals surface area (Å²) < 4.78 is 91.5. The molecular formula is C24H23F4N2O9PS. The highest BCUT2D eigenvalue weighted by Crippen LogP contribution is 2.55. The standard InChI is InChI=1S/C24H23F4N2O9PS/c1-34-14-3-7-16(8-4-14)38-40(41,39-17-9-5-15(35-2)6-10-17)36-13-23(20(25)26)19(32)24(27,28)21(37-23)30-12-11-18(31)29-22(30)33/h3-12,19-21,32H,13H2,1-2H3,(H,29,31,33). The van der Waals surface area contributed by atoms with Gasteiger partial charge in [-0.3, -0.25) is 18.9 Å². The maximum atomic E-state index is 15.2. The van der Waals surface area contributed by atoms with Crippen molar-refractivity contribution in [3.05, 3.63) is 81.6 Å². The SMILES string of the molecule is COc1ccc(OP(=S)(OCC2(C(F)F)OC(n3ccc(=O)[nH]c3=O)C(F)(F)C2O)Oc2ccc(OC)cc2)cc1. The summed E-state index contributed by atoms with van der Waals surface area (Å²) in [7, 11) is 2.86. The Morgan fingerprint density at radius 3 is 1.90 bits per heavy atom. The number of aromatic amines is 1. The van der Waals surface area contributed by atoms with E-state index in [-0.39, 0.29) is 16.1 Å². The number of benzene rings is 2. The Bertz CT molecular complexity index is 1470. The lowest BCUT2D eigenvalue weighted by atomic mass is 9.96. The first-order valence-corrected chi connectivity index (χ1v) is 14.1. The van der Waals surface area contributed by atoms with Gasteiger partial charge >= 0.3 is 18.3 Å². The van der Waals surface area contributed by atoms with Gasteiger partial charge in [0, 0.05) is 24.1 Å². The van der Waals surface area contributed by atoms with Gasteiger partial charge in [-0.15, -0.1) is 0 Å². The van der Waals surface area contributed by atoms with Crippen LogP contribution in [0.15, 0.2) is 70.4 Å². The normalized spacial score (nSPS) is 22.0. The summed E-state index contributed by atoms with van der Waals surface area (Å²) in [5.41, 5.74) is -5.71. The zero-order valence-corrected chi connectivity index (χ0v) is 23.0. The molecule has 3 aromatic rings. The summed E-state index contributed by atoms with van der Waals surface area (Å²) in [5.74, 6) is -3.42. The van der Waals surface area contributed by atoms with Crippen LogP contribution in [-0.4, -0.2) is 59.5 Å². The molecule has 0 bridgehead atoms. The van der Waals surface area contributed by atoms with E-state index in [0.717, 1.165) is 0 Å². The number of ether oxygens (including phenoxy) is 3. The number of H-pyrrole nitrogens is 1. The molecule has 17 heteroatoms. The van der Waals surface area contributed by atoms with Crippen molar-refractivity contribution in [3.63, 3.8) is 0 Å². The molecule has 2 aromatic carbocycles. The number of alkyl halides is 4. The van der Waals surface area contributed by atoms with Gasteiger partial charge < -0.3 is 28.4 Å². The lowest BCUT2D eigenvalue weighted by molar-refractivity contribution is -0.192. The zero-order valence-electron chi connectivity index (χ0n) is 21.2. The molecule has 0 amide bonds. The topological polar surface area (TPSA) is 130 Å². The van der Waals surface area contributed by atoms with Crippen LogP contribution in [0.4, 0.5) is 17.6 Å². The Kier molecular flexibility index (Phi) is 8.80. The molecule has 1 saturated heterocycles. The van der Waals surface area contributed by atoms with Gasteiger partial charge in [-0.2, -0.15) is 8.78 Å². The van der Waals surface area contributed by atoms with Gasteiger partial charge in [0.25, 0.3) is 12.0 Å². The van der Waals surface area contributed by atoms with Crippen molar-refractivity contribution >= 4 is 18.5 Å². The molecule has 3 atom stereocenters. The average molecular weight is 622 g/mol. The van der Waals surface area contributed by atoms with Crippen LogP contribution in [0.5, 0.6) is 23.0 Å². The van der Waals surface area contributed by atoms with Crippen LogP contribution >= 0.6 is 6.72 Å². The van der Waals surface area contributed by atoms with E-state index in [2.05, 4.69) is 0 Å². The molecule has 0 spiro atoms. The fraction of sp³-hybridized carbons (Fsp3) is 0.333. The molecule has 1 aliphatic heterocycles. The van der Waals surface area contributed by atoms with Crippen molar-refractivity contribution in [1.29, 1.82) is 0 Å². The largest absolute Gasteiger partial charge is 0.497 e. The van der Waals surface area contributed by atoms with Crippen LogP contribution in [0.1, 0.15) is 6.23 Å². The fourth-order valence-corrected chi connectivity index (χ4v) is 5.73. The first-order valence-electron chi connectivity index (χ1n) is 11.6. The van der Waals surface area contributed by atoms with Crippen LogP contribution in [0.25, 0.3) is 0 Å². The number of halogens is 4. The number of aromatic nitrogens is 2. The van der Waals surface area contributed by atoms with Crippen molar-refractivity contribution in [1.82, 2.24) is 9.55 Å². The van der Waals surface area contributed by atoms with Gasteiger partial charge in [0.2, 0.25) is 6.23 Å². The van der Waals surface area contributed by atoms with E-state index < -0.39 is 54.9 Å². The van der Waals surface area contributed by atoms with E-state index in [0.29, 0.717) is 23.8 Å². The summed E-state index contributed by atoms with van der Waals surface area (Å²) in [6.07, 6.45) is -9.08. The average Bonchev–Trinajstić information content (AvgIpc) is 3.14. The van der Waals surface area contributed by atoms with E-state index >= 15 is 8.78 Å². The van der Waals surface area contributed by atoms with E-state index in [1.165, 1.54) is 62.8 Å². The Labute approximate surface area is 234 Å². The third-order valence-corrected chi connectivity index (χ3v) is 8.04. The molecular weight excluding hydrogens is 599 g/mol. The number of nitrogens with zero attached hydrogens (tertiary/aromatic N) is 1. The molecule has 11 nitrogen and oxygen atoms in total. The first-order chi connectivity index (χ1) is 19.3. The smallest absolute Gasteiger partial charge is 0.435 e. The summed E-state index contributed by atoms with van der Waals surface area (Å²) in [6, 6.07) is 12.4. The number of hydrogen-bond donors (Lipinski definition) is 2. The van der Waals surface area contributed by atoms with Gasteiger partial charge in [-0.25, -0.2) is 13.6 Å². The highest BCUT2D eigenvalue weighted by atomic mass is 32.5. The van der Waals surface area contributed by atoms with E-state index in [1.54, 1.807) is 4.98 Å². The summed E-state index contributed by atoms with van der Waals surface area (Å²) in [4.78, 5) is 25.2. The molecule has 0 saturated carbocycles. The molecule has 0 radical (unpaired) electrons. The molecule has 1 aromatic heterocycles. The predicted octanol–water partition coefficient (Wildman–Crippen LogP) is 3.48. The lowest BCUT2D eigenvalue weighted by Gasteiger charge is -2.32. The van der Waals surface area contributed by atoms with E-state index in [4.69, 9.17) is 39.6 Å². The minimum atomic E-state index is -4.45. The zero-order chi connectivity index (χ0) is 30.0. The van der Waals surface area contributed by atoms with Crippen LogP contribution in [0.3, 0.4) is 0 Å². The van der Waals surface area contributed by atoms with Crippen LogP contribution in [0.2, 0.25) is 0 Å².